The number of amides is 1. The molecule has 0 saturated carbocycles. The number of para-hydroxylation sites is 3. The van der Waals surface area contributed by atoms with Crippen molar-refractivity contribution in [2.45, 2.75) is 26.1 Å². The number of hydrogen-bond acceptors (Lipinski definition) is 6. The second-order valence-electron chi connectivity index (χ2n) is 6.94. The normalized spacial score (nSPS) is 17.6. The molecule has 2 atom stereocenters. The molecule has 0 spiro atoms. The summed E-state index contributed by atoms with van der Waals surface area (Å²) in [6.07, 6.45) is -1.11. The number of hydrogen-bond donors (Lipinski definition) is 1. The van der Waals surface area contributed by atoms with E-state index in [2.05, 4.69) is 5.32 Å². The maximum atomic E-state index is 12.8. The molecule has 1 aliphatic rings. The number of carbonyl (C=O) groups is 1. The van der Waals surface area contributed by atoms with Gasteiger partial charge >= 0.3 is 0 Å². The van der Waals surface area contributed by atoms with Gasteiger partial charge in [-0.1, -0.05) is 32.0 Å². The van der Waals surface area contributed by atoms with Crippen LogP contribution in [0.3, 0.4) is 0 Å². The summed E-state index contributed by atoms with van der Waals surface area (Å²) in [7, 11) is 3.13. The van der Waals surface area contributed by atoms with E-state index in [-0.39, 0.29) is 24.5 Å². The van der Waals surface area contributed by atoms with Crippen molar-refractivity contribution in [2.24, 2.45) is 5.92 Å². The van der Waals surface area contributed by atoms with E-state index >= 15 is 0 Å². The van der Waals surface area contributed by atoms with Crippen molar-refractivity contribution in [2.75, 3.05) is 27.4 Å². The van der Waals surface area contributed by atoms with Gasteiger partial charge in [-0.05, 0) is 30.2 Å². The van der Waals surface area contributed by atoms with Gasteiger partial charge in [-0.2, -0.15) is 0 Å². The van der Waals surface area contributed by atoms with E-state index in [1.54, 1.807) is 32.4 Å². The minimum Gasteiger partial charge on any atom is -0.493 e. The van der Waals surface area contributed by atoms with Crippen LogP contribution in [0.2, 0.25) is 0 Å². The molecule has 156 valence electrons. The molecule has 2 aromatic carbocycles. The third kappa shape index (κ3) is 4.67. The topological polar surface area (TPSA) is 75.2 Å². The third-order valence-corrected chi connectivity index (χ3v) is 4.61. The van der Waals surface area contributed by atoms with E-state index in [0.717, 1.165) is 0 Å². The average Bonchev–Trinajstić information content (AvgIpc) is 2.75. The summed E-state index contributed by atoms with van der Waals surface area (Å²) in [6.45, 7) is 4.55. The molecule has 0 aromatic heterocycles. The van der Waals surface area contributed by atoms with Gasteiger partial charge in [0.2, 0.25) is 11.9 Å². The quantitative estimate of drug-likeness (QED) is 0.686. The Morgan fingerprint density at radius 1 is 1.00 bits per heavy atom. The number of nitrogens with one attached hydrogen (secondary N) is 1. The Bertz CT molecular complexity index is 816. The van der Waals surface area contributed by atoms with Crippen molar-refractivity contribution in [1.29, 1.82) is 0 Å². The molecule has 7 heteroatoms. The fourth-order valence-electron chi connectivity index (χ4n) is 3.13. The third-order valence-electron chi connectivity index (χ3n) is 4.61. The van der Waals surface area contributed by atoms with Crippen LogP contribution in [0.25, 0.3) is 0 Å². The molecule has 1 heterocycles. The van der Waals surface area contributed by atoms with Crippen LogP contribution < -0.4 is 29.0 Å². The molecule has 1 N–H and O–H groups in total. The van der Waals surface area contributed by atoms with Crippen LogP contribution in [0.1, 0.15) is 13.8 Å². The van der Waals surface area contributed by atoms with Gasteiger partial charge in [-0.15, -0.1) is 0 Å². The molecule has 0 bridgehead atoms. The van der Waals surface area contributed by atoms with Crippen molar-refractivity contribution in [3.05, 3.63) is 42.5 Å². The number of fused-ring (bicyclic) bond motifs is 1. The molecule has 3 rings (SSSR count). The summed E-state index contributed by atoms with van der Waals surface area (Å²) in [6, 6.07) is 12.8. The van der Waals surface area contributed by atoms with Crippen molar-refractivity contribution in [1.82, 2.24) is 5.32 Å². The zero-order chi connectivity index (χ0) is 20.8. The Morgan fingerprint density at radius 3 is 2.21 bits per heavy atom. The van der Waals surface area contributed by atoms with Crippen molar-refractivity contribution in [3.8, 4) is 28.7 Å². The predicted octanol–water partition coefficient (Wildman–Crippen LogP) is 3.06. The molecule has 0 unspecified atom stereocenters. The highest BCUT2D eigenvalue weighted by molar-refractivity contribution is 5.82. The zero-order valence-electron chi connectivity index (χ0n) is 17.1. The van der Waals surface area contributed by atoms with Crippen LogP contribution in [0.5, 0.6) is 28.7 Å². The van der Waals surface area contributed by atoms with Gasteiger partial charge in [0.05, 0.1) is 20.8 Å². The van der Waals surface area contributed by atoms with Crippen molar-refractivity contribution >= 4 is 5.91 Å². The van der Waals surface area contributed by atoms with Crippen molar-refractivity contribution in [3.63, 3.8) is 0 Å². The summed E-state index contributed by atoms with van der Waals surface area (Å²) in [5.74, 6) is 2.72. The molecule has 0 saturated heterocycles. The first-order valence-corrected chi connectivity index (χ1v) is 9.59. The highest BCUT2D eigenvalue weighted by atomic mass is 16.6. The largest absolute Gasteiger partial charge is 0.493 e. The lowest BCUT2D eigenvalue weighted by molar-refractivity contribution is -0.135. The molecule has 7 nitrogen and oxygen atoms in total. The van der Waals surface area contributed by atoms with E-state index < -0.39 is 6.10 Å². The first kappa shape index (κ1) is 20.6. The summed E-state index contributed by atoms with van der Waals surface area (Å²) in [4.78, 5) is 12.8. The lowest BCUT2D eigenvalue weighted by Gasteiger charge is -2.35. The molecule has 29 heavy (non-hydrogen) atoms. The van der Waals surface area contributed by atoms with Crippen LogP contribution in [0.4, 0.5) is 0 Å². The second-order valence-corrected chi connectivity index (χ2v) is 6.94. The molecular formula is C22H27NO6. The minimum atomic E-state index is -0.731. The Labute approximate surface area is 170 Å². The standard InChI is InChI=1S/C22H27NO6/c1-14(2)19-21(29-16-9-6-5-8-15(16)28-19)22(24)23-12-13-27-20-17(25-3)10-7-11-18(20)26-4/h5-11,14,19,21H,12-13H2,1-4H3,(H,23,24)/t19-,21+/m1/s1. The van der Waals surface area contributed by atoms with Crippen LogP contribution in [-0.4, -0.2) is 45.5 Å². The number of ether oxygens (including phenoxy) is 5. The Balaban J connectivity index is 1.59. The number of rotatable bonds is 8. The molecular weight excluding hydrogens is 374 g/mol. The summed E-state index contributed by atoms with van der Waals surface area (Å²) in [5.41, 5.74) is 0. The van der Waals surface area contributed by atoms with Crippen LogP contribution >= 0.6 is 0 Å². The fourth-order valence-corrected chi connectivity index (χ4v) is 3.13. The maximum absolute atomic E-state index is 12.8. The van der Waals surface area contributed by atoms with Crippen LogP contribution in [-0.2, 0) is 4.79 Å². The highest BCUT2D eigenvalue weighted by Crippen LogP contribution is 2.37. The summed E-state index contributed by atoms with van der Waals surface area (Å²) >= 11 is 0. The van der Waals surface area contributed by atoms with Gasteiger partial charge < -0.3 is 29.0 Å². The Morgan fingerprint density at radius 2 is 1.62 bits per heavy atom. The first-order valence-electron chi connectivity index (χ1n) is 9.59. The van der Waals surface area contributed by atoms with Gasteiger partial charge in [-0.3, -0.25) is 4.79 Å². The van der Waals surface area contributed by atoms with E-state index in [9.17, 15) is 4.79 Å². The van der Waals surface area contributed by atoms with E-state index in [1.165, 1.54) is 0 Å². The predicted molar refractivity (Wildman–Crippen MR) is 108 cm³/mol. The van der Waals surface area contributed by atoms with Crippen LogP contribution in [0, 0.1) is 5.92 Å². The van der Waals surface area contributed by atoms with E-state index in [4.69, 9.17) is 23.7 Å². The minimum absolute atomic E-state index is 0.105. The van der Waals surface area contributed by atoms with Crippen molar-refractivity contribution < 1.29 is 28.5 Å². The number of carbonyl (C=O) groups excluding carboxylic acids is 1. The van der Waals surface area contributed by atoms with Gasteiger partial charge in [0.15, 0.2) is 23.0 Å². The molecule has 0 aliphatic carbocycles. The average molecular weight is 401 g/mol. The van der Waals surface area contributed by atoms with Crippen LogP contribution in [0.15, 0.2) is 42.5 Å². The first-order chi connectivity index (χ1) is 14.0. The molecule has 0 fully saturated rings. The monoisotopic (exact) mass is 401 g/mol. The smallest absolute Gasteiger partial charge is 0.265 e. The number of methoxy groups -OCH3 is 2. The lowest BCUT2D eigenvalue weighted by atomic mass is 9.99. The maximum Gasteiger partial charge on any atom is 0.265 e. The highest BCUT2D eigenvalue weighted by Gasteiger charge is 2.38. The van der Waals surface area contributed by atoms with E-state index in [1.807, 2.05) is 38.1 Å². The van der Waals surface area contributed by atoms with Gasteiger partial charge in [0.1, 0.15) is 12.7 Å². The van der Waals surface area contributed by atoms with Gasteiger partial charge in [0, 0.05) is 0 Å². The second kappa shape index (κ2) is 9.41. The fraction of sp³-hybridized carbons (Fsp3) is 0.409. The molecule has 1 aliphatic heterocycles. The van der Waals surface area contributed by atoms with E-state index in [0.29, 0.717) is 35.3 Å². The molecule has 2 aromatic rings. The Hall–Kier alpha value is -3.09. The SMILES string of the molecule is COc1cccc(OC)c1OCCNC(=O)[C@H]1Oc2ccccc2O[C@@H]1C(C)C. The summed E-state index contributed by atoms with van der Waals surface area (Å²) < 4.78 is 28.3. The Kier molecular flexibility index (Phi) is 6.69. The molecule has 1 amide bonds. The number of benzene rings is 2. The zero-order valence-corrected chi connectivity index (χ0v) is 17.1. The van der Waals surface area contributed by atoms with Gasteiger partial charge in [0.25, 0.3) is 5.91 Å². The summed E-state index contributed by atoms with van der Waals surface area (Å²) in [5, 5.41) is 2.86. The molecule has 0 radical (unpaired) electrons. The van der Waals surface area contributed by atoms with Gasteiger partial charge in [-0.25, -0.2) is 0 Å². The lowest BCUT2D eigenvalue weighted by Crippen LogP contribution is -2.52.